The third-order valence-electron chi connectivity index (χ3n) is 4.40. The number of rotatable bonds is 6. The van der Waals surface area contributed by atoms with Crippen molar-refractivity contribution in [2.24, 2.45) is 0 Å². The monoisotopic (exact) mass is 358 g/mol. The zero-order valence-electron chi connectivity index (χ0n) is 14.2. The molecule has 1 aliphatic heterocycles. The molecule has 2 heterocycles. The van der Waals surface area contributed by atoms with Gasteiger partial charge in [-0.2, -0.15) is 0 Å². The summed E-state index contributed by atoms with van der Waals surface area (Å²) in [6.45, 7) is 5.63. The Balaban J connectivity index is 1.36. The van der Waals surface area contributed by atoms with Crippen molar-refractivity contribution in [2.45, 2.75) is 6.42 Å². The van der Waals surface area contributed by atoms with Crippen LogP contribution in [0.5, 0.6) is 0 Å². The van der Waals surface area contributed by atoms with Crippen molar-refractivity contribution in [2.75, 3.05) is 44.2 Å². The molecule has 2 aromatic rings. The molecule has 0 radical (unpaired) electrons. The van der Waals surface area contributed by atoms with Crippen LogP contribution >= 0.6 is 11.6 Å². The minimum Gasteiger partial charge on any atom is -0.368 e. The van der Waals surface area contributed by atoms with Gasteiger partial charge in [0.05, 0.1) is 10.7 Å². The number of carbonyl (C=O) groups excluding carboxylic acids is 1. The molecule has 1 N–H and O–H groups in total. The Morgan fingerprint density at radius 1 is 1.08 bits per heavy atom. The molecule has 5 nitrogen and oxygen atoms in total. The summed E-state index contributed by atoms with van der Waals surface area (Å²) in [6.07, 6.45) is 2.57. The Hall–Kier alpha value is -2.11. The third-order valence-corrected chi connectivity index (χ3v) is 4.72. The molecule has 0 aliphatic carbocycles. The Bertz CT molecular complexity index is 687. The van der Waals surface area contributed by atoms with E-state index >= 15 is 0 Å². The number of hydrogen-bond donors (Lipinski definition) is 1. The molecule has 0 spiro atoms. The van der Waals surface area contributed by atoms with E-state index in [-0.39, 0.29) is 5.91 Å². The molecule has 6 heteroatoms. The number of para-hydroxylation sites is 1. The molecule has 1 amide bonds. The lowest BCUT2D eigenvalue weighted by Gasteiger charge is -2.36. The van der Waals surface area contributed by atoms with Gasteiger partial charge in [0, 0.05) is 38.9 Å². The van der Waals surface area contributed by atoms with Crippen molar-refractivity contribution in [1.82, 2.24) is 15.2 Å². The average Bonchev–Trinajstić information content (AvgIpc) is 2.67. The van der Waals surface area contributed by atoms with Gasteiger partial charge < -0.3 is 10.2 Å². The maximum absolute atomic E-state index is 11.9. The van der Waals surface area contributed by atoms with Crippen LogP contribution in [0.15, 0.2) is 48.7 Å². The van der Waals surface area contributed by atoms with Gasteiger partial charge in [-0.3, -0.25) is 14.7 Å². The number of benzene rings is 1. The number of nitrogens with zero attached hydrogens (tertiary/aromatic N) is 3. The van der Waals surface area contributed by atoms with Crippen LogP contribution in [0.2, 0.25) is 5.02 Å². The Labute approximate surface area is 153 Å². The van der Waals surface area contributed by atoms with E-state index in [9.17, 15) is 4.79 Å². The molecule has 25 heavy (non-hydrogen) atoms. The topological polar surface area (TPSA) is 48.5 Å². The lowest BCUT2D eigenvalue weighted by Crippen LogP contribution is -2.47. The number of nitrogens with one attached hydrogen (secondary N) is 1. The zero-order valence-corrected chi connectivity index (χ0v) is 15.0. The molecular formula is C19H23ClN4O. The van der Waals surface area contributed by atoms with Crippen LogP contribution in [0, 0.1) is 0 Å². The molecule has 1 aromatic heterocycles. The number of hydrogen-bond acceptors (Lipinski definition) is 4. The first-order valence-corrected chi connectivity index (χ1v) is 9.03. The van der Waals surface area contributed by atoms with Crippen LogP contribution in [0.1, 0.15) is 16.9 Å². The highest BCUT2D eigenvalue weighted by atomic mass is 35.5. The fourth-order valence-electron chi connectivity index (χ4n) is 3.01. The molecule has 132 valence electrons. The first-order chi connectivity index (χ1) is 12.2. The molecule has 3 rings (SSSR count). The van der Waals surface area contributed by atoms with E-state index in [2.05, 4.69) is 26.2 Å². The summed E-state index contributed by atoms with van der Waals surface area (Å²) in [4.78, 5) is 20.7. The van der Waals surface area contributed by atoms with Gasteiger partial charge in [-0.25, -0.2) is 0 Å². The summed E-state index contributed by atoms with van der Waals surface area (Å²) < 4.78 is 0. The van der Waals surface area contributed by atoms with Gasteiger partial charge >= 0.3 is 0 Å². The van der Waals surface area contributed by atoms with E-state index < -0.39 is 0 Å². The number of piperazine rings is 1. The van der Waals surface area contributed by atoms with Crippen molar-refractivity contribution in [3.8, 4) is 0 Å². The zero-order chi connectivity index (χ0) is 17.5. The molecule has 0 bridgehead atoms. The minimum absolute atomic E-state index is 0.107. The quantitative estimate of drug-likeness (QED) is 0.806. The number of anilines is 1. The highest BCUT2D eigenvalue weighted by molar-refractivity contribution is 6.33. The van der Waals surface area contributed by atoms with Crippen LogP contribution in [0.3, 0.4) is 0 Å². The predicted octanol–water partition coefficient (Wildman–Crippen LogP) is 2.68. The molecule has 0 saturated carbocycles. The van der Waals surface area contributed by atoms with E-state index in [1.165, 1.54) is 0 Å². The summed E-state index contributed by atoms with van der Waals surface area (Å²) in [6, 6.07) is 13.3. The SMILES string of the molecule is O=C(NCCCN1CCN(c2ccccc2Cl)CC1)c1ccccn1. The summed E-state index contributed by atoms with van der Waals surface area (Å²) in [7, 11) is 0. The second kappa shape index (κ2) is 8.83. The summed E-state index contributed by atoms with van der Waals surface area (Å²) in [5.74, 6) is -0.107. The van der Waals surface area contributed by atoms with Crippen LogP contribution in [-0.4, -0.2) is 55.1 Å². The van der Waals surface area contributed by atoms with E-state index in [0.717, 1.165) is 49.9 Å². The fraction of sp³-hybridized carbons (Fsp3) is 0.368. The molecule has 1 aromatic carbocycles. The summed E-state index contributed by atoms with van der Waals surface area (Å²) in [5.41, 5.74) is 1.59. The number of pyridine rings is 1. The van der Waals surface area contributed by atoms with Crippen molar-refractivity contribution in [1.29, 1.82) is 0 Å². The normalized spacial score (nSPS) is 15.2. The lowest BCUT2D eigenvalue weighted by molar-refractivity contribution is 0.0946. The van der Waals surface area contributed by atoms with Crippen LogP contribution in [0.4, 0.5) is 5.69 Å². The lowest BCUT2D eigenvalue weighted by atomic mass is 10.2. The number of amides is 1. The highest BCUT2D eigenvalue weighted by Gasteiger charge is 2.18. The maximum Gasteiger partial charge on any atom is 0.269 e. The van der Waals surface area contributed by atoms with Gasteiger partial charge in [-0.15, -0.1) is 0 Å². The van der Waals surface area contributed by atoms with E-state index in [1.54, 1.807) is 18.3 Å². The fourth-order valence-corrected chi connectivity index (χ4v) is 3.27. The van der Waals surface area contributed by atoms with Crippen LogP contribution in [0.25, 0.3) is 0 Å². The van der Waals surface area contributed by atoms with Crippen molar-refractivity contribution in [3.05, 3.63) is 59.4 Å². The number of aromatic nitrogens is 1. The van der Waals surface area contributed by atoms with E-state index in [0.29, 0.717) is 12.2 Å². The van der Waals surface area contributed by atoms with E-state index in [1.807, 2.05) is 24.3 Å². The summed E-state index contributed by atoms with van der Waals surface area (Å²) in [5, 5.41) is 3.74. The van der Waals surface area contributed by atoms with Gasteiger partial charge in [0.2, 0.25) is 0 Å². The Morgan fingerprint density at radius 2 is 1.84 bits per heavy atom. The number of halogens is 1. The van der Waals surface area contributed by atoms with Gasteiger partial charge in [0.15, 0.2) is 0 Å². The average molecular weight is 359 g/mol. The van der Waals surface area contributed by atoms with Gasteiger partial charge in [0.1, 0.15) is 5.69 Å². The van der Waals surface area contributed by atoms with Gasteiger partial charge in [-0.1, -0.05) is 29.8 Å². The molecule has 1 aliphatic rings. The first kappa shape index (κ1) is 17.7. The third kappa shape index (κ3) is 4.94. The maximum atomic E-state index is 11.9. The predicted molar refractivity (Wildman–Crippen MR) is 101 cm³/mol. The molecular weight excluding hydrogens is 336 g/mol. The van der Waals surface area contributed by atoms with E-state index in [4.69, 9.17) is 11.6 Å². The summed E-state index contributed by atoms with van der Waals surface area (Å²) >= 11 is 6.28. The van der Waals surface area contributed by atoms with Gasteiger partial charge in [-0.05, 0) is 37.2 Å². The Kier molecular flexibility index (Phi) is 6.25. The van der Waals surface area contributed by atoms with Crippen LogP contribution in [-0.2, 0) is 0 Å². The largest absolute Gasteiger partial charge is 0.368 e. The first-order valence-electron chi connectivity index (χ1n) is 8.65. The molecule has 1 saturated heterocycles. The smallest absolute Gasteiger partial charge is 0.269 e. The van der Waals surface area contributed by atoms with Gasteiger partial charge in [0.25, 0.3) is 5.91 Å². The second-order valence-corrected chi connectivity index (χ2v) is 6.51. The number of carbonyl (C=O) groups is 1. The van der Waals surface area contributed by atoms with Crippen LogP contribution < -0.4 is 10.2 Å². The Morgan fingerprint density at radius 3 is 2.56 bits per heavy atom. The second-order valence-electron chi connectivity index (χ2n) is 6.10. The van der Waals surface area contributed by atoms with Crippen molar-refractivity contribution < 1.29 is 4.79 Å². The van der Waals surface area contributed by atoms with Crippen molar-refractivity contribution in [3.63, 3.8) is 0 Å². The van der Waals surface area contributed by atoms with Crippen molar-refractivity contribution >= 4 is 23.2 Å². The standard InChI is InChI=1S/C19H23ClN4O/c20-16-6-1-2-8-18(16)24-14-12-23(13-15-24)11-5-10-22-19(25)17-7-3-4-9-21-17/h1-4,6-9H,5,10-15H2,(H,22,25). The molecule has 0 atom stereocenters. The highest BCUT2D eigenvalue weighted by Crippen LogP contribution is 2.25. The molecule has 0 unspecified atom stereocenters. The minimum atomic E-state index is -0.107. The molecule has 1 fully saturated rings.